The lowest BCUT2D eigenvalue weighted by atomic mass is 10.0. The Morgan fingerprint density at radius 2 is 2.00 bits per heavy atom. The van der Waals surface area contributed by atoms with Crippen LogP contribution < -0.4 is 5.43 Å². The normalized spacial score (nSPS) is 21.8. The molecule has 68 valence electrons. The first kappa shape index (κ1) is 8.26. The Balaban J connectivity index is 2.25. The summed E-state index contributed by atoms with van der Waals surface area (Å²) in [5.74, 6) is 0. The summed E-state index contributed by atoms with van der Waals surface area (Å²) in [7, 11) is 1.91. The van der Waals surface area contributed by atoms with Crippen LogP contribution in [0.2, 0.25) is 0 Å². The van der Waals surface area contributed by atoms with Crippen molar-refractivity contribution in [3.8, 4) is 0 Å². The molecule has 1 unspecified atom stereocenters. The number of hydrazine groups is 1. The van der Waals surface area contributed by atoms with Crippen LogP contribution in [-0.2, 0) is 0 Å². The van der Waals surface area contributed by atoms with Gasteiger partial charge in [0.05, 0.1) is 11.8 Å². The molecule has 1 N–H and O–H groups in total. The van der Waals surface area contributed by atoms with Crippen molar-refractivity contribution in [3.63, 3.8) is 0 Å². The Hall–Kier alpha value is -1.35. The van der Waals surface area contributed by atoms with Crippen molar-refractivity contribution in [2.24, 2.45) is 5.10 Å². The molecule has 1 atom stereocenters. The lowest BCUT2D eigenvalue weighted by Gasteiger charge is -2.13. The molecule has 3 nitrogen and oxygen atoms in total. The molecule has 0 radical (unpaired) electrons. The summed E-state index contributed by atoms with van der Waals surface area (Å²) in [6.07, 6.45) is 0. The van der Waals surface area contributed by atoms with Gasteiger partial charge in [-0.15, -0.1) is 0 Å². The second kappa shape index (κ2) is 3.18. The van der Waals surface area contributed by atoms with Gasteiger partial charge in [-0.05, 0) is 12.5 Å². The van der Waals surface area contributed by atoms with Crippen molar-refractivity contribution in [1.82, 2.24) is 10.5 Å². The van der Waals surface area contributed by atoms with E-state index >= 15 is 0 Å². The molecule has 1 aromatic rings. The topological polar surface area (TPSA) is 27.6 Å². The van der Waals surface area contributed by atoms with E-state index in [-0.39, 0.29) is 6.04 Å². The molecular formula is C10H13N3. The van der Waals surface area contributed by atoms with Gasteiger partial charge in [-0.1, -0.05) is 30.3 Å². The maximum atomic E-state index is 4.29. The van der Waals surface area contributed by atoms with Gasteiger partial charge in [-0.25, -0.2) is 10.5 Å². The third-order valence-corrected chi connectivity index (χ3v) is 2.17. The molecule has 1 aliphatic rings. The monoisotopic (exact) mass is 175 g/mol. The van der Waals surface area contributed by atoms with Crippen molar-refractivity contribution < 1.29 is 0 Å². The van der Waals surface area contributed by atoms with Gasteiger partial charge in [0, 0.05) is 7.05 Å². The maximum absolute atomic E-state index is 4.29. The quantitative estimate of drug-likeness (QED) is 0.701. The van der Waals surface area contributed by atoms with E-state index < -0.39 is 0 Å². The number of hydrogen-bond donors (Lipinski definition) is 1. The Labute approximate surface area is 78.0 Å². The first-order valence-corrected chi connectivity index (χ1v) is 4.37. The second-order valence-electron chi connectivity index (χ2n) is 3.24. The zero-order chi connectivity index (χ0) is 9.26. The Bertz CT molecular complexity index is 318. The predicted molar refractivity (Wildman–Crippen MR) is 53.2 cm³/mol. The summed E-state index contributed by atoms with van der Waals surface area (Å²) >= 11 is 0. The van der Waals surface area contributed by atoms with Gasteiger partial charge in [0.2, 0.25) is 0 Å². The van der Waals surface area contributed by atoms with E-state index in [1.54, 1.807) is 5.12 Å². The SMILES string of the molecule is CC1=NN(C)NC1c1ccccc1. The number of nitrogens with zero attached hydrogens (tertiary/aromatic N) is 2. The van der Waals surface area contributed by atoms with Crippen LogP contribution in [0.1, 0.15) is 18.5 Å². The van der Waals surface area contributed by atoms with Gasteiger partial charge in [-0.3, -0.25) is 0 Å². The summed E-state index contributed by atoms with van der Waals surface area (Å²) in [6.45, 7) is 2.04. The largest absolute Gasteiger partial charge is 0.232 e. The first-order chi connectivity index (χ1) is 6.27. The molecule has 1 aliphatic heterocycles. The van der Waals surface area contributed by atoms with E-state index in [2.05, 4.69) is 22.7 Å². The molecule has 0 saturated heterocycles. The Morgan fingerprint density at radius 3 is 2.54 bits per heavy atom. The van der Waals surface area contributed by atoms with Crippen molar-refractivity contribution in [3.05, 3.63) is 35.9 Å². The Kier molecular flexibility index (Phi) is 2.02. The van der Waals surface area contributed by atoms with Gasteiger partial charge in [-0.2, -0.15) is 5.10 Å². The average Bonchev–Trinajstić information content (AvgIpc) is 2.47. The summed E-state index contributed by atoms with van der Waals surface area (Å²) in [6, 6.07) is 10.6. The van der Waals surface area contributed by atoms with Crippen LogP contribution in [0.15, 0.2) is 35.4 Å². The molecule has 0 spiro atoms. The highest BCUT2D eigenvalue weighted by Crippen LogP contribution is 2.18. The van der Waals surface area contributed by atoms with Crippen LogP contribution in [0.3, 0.4) is 0 Å². The standard InChI is InChI=1S/C10H13N3/c1-8-10(12-13(2)11-8)9-6-4-3-5-7-9/h3-7,10,12H,1-2H3. The number of nitrogens with one attached hydrogen (secondary N) is 1. The van der Waals surface area contributed by atoms with E-state index in [4.69, 9.17) is 0 Å². The van der Waals surface area contributed by atoms with E-state index in [1.165, 1.54) is 5.56 Å². The third kappa shape index (κ3) is 1.55. The summed E-state index contributed by atoms with van der Waals surface area (Å²) in [5.41, 5.74) is 5.61. The van der Waals surface area contributed by atoms with Crippen molar-refractivity contribution >= 4 is 5.71 Å². The van der Waals surface area contributed by atoms with Crippen LogP contribution >= 0.6 is 0 Å². The van der Waals surface area contributed by atoms with E-state index in [0.717, 1.165) is 5.71 Å². The van der Waals surface area contributed by atoms with E-state index in [1.807, 2.05) is 32.2 Å². The number of hydrazone groups is 1. The number of hydrogen-bond acceptors (Lipinski definition) is 3. The highest BCUT2D eigenvalue weighted by Gasteiger charge is 2.21. The molecule has 3 heteroatoms. The van der Waals surface area contributed by atoms with Crippen LogP contribution in [0.25, 0.3) is 0 Å². The van der Waals surface area contributed by atoms with Crippen LogP contribution in [0, 0.1) is 0 Å². The molecule has 0 saturated carbocycles. The van der Waals surface area contributed by atoms with Crippen molar-refractivity contribution in [2.45, 2.75) is 13.0 Å². The second-order valence-corrected chi connectivity index (χ2v) is 3.24. The molecule has 0 bridgehead atoms. The summed E-state index contributed by atoms with van der Waals surface area (Å²) in [4.78, 5) is 0. The highest BCUT2D eigenvalue weighted by atomic mass is 15.7. The average molecular weight is 175 g/mol. The predicted octanol–water partition coefficient (Wildman–Crippen LogP) is 1.55. The molecule has 2 rings (SSSR count). The zero-order valence-electron chi connectivity index (χ0n) is 7.86. The lowest BCUT2D eigenvalue weighted by molar-refractivity contribution is 0.263. The summed E-state index contributed by atoms with van der Waals surface area (Å²) < 4.78 is 0. The van der Waals surface area contributed by atoms with Gasteiger partial charge < -0.3 is 0 Å². The minimum atomic E-state index is 0.242. The van der Waals surface area contributed by atoms with Gasteiger partial charge >= 0.3 is 0 Å². The van der Waals surface area contributed by atoms with Gasteiger partial charge in [0.25, 0.3) is 0 Å². The molecular weight excluding hydrogens is 162 g/mol. The van der Waals surface area contributed by atoms with E-state index in [9.17, 15) is 0 Å². The van der Waals surface area contributed by atoms with Gasteiger partial charge in [0.1, 0.15) is 0 Å². The zero-order valence-corrected chi connectivity index (χ0v) is 7.86. The van der Waals surface area contributed by atoms with Crippen LogP contribution in [0.4, 0.5) is 0 Å². The molecule has 0 aliphatic carbocycles. The van der Waals surface area contributed by atoms with Crippen molar-refractivity contribution in [1.29, 1.82) is 0 Å². The van der Waals surface area contributed by atoms with E-state index in [0.29, 0.717) is 0 Å². The fraction of sp³-hybridized carbons (Fsp3) is 0.300. The fourth-order valence-electron chi connectivity index (χ4n) is 1.56. The van der Waals surface area contributed by atoms with Crippen LogP contribution in [-0.4, -0.2) is 17.9 Å². The first-order valence-electron chi connectivity index (χ1n) is 4.37. The molecule has 1 heterocycles. The van der Waals surface area contributed by atoms with Crippen LogP contribution in [0.5, 0.6) is 0 Å². The number of rotatable bonds is 1. The molecule has 0 fully saturated rings. The maximum Gasteiger partial charge on any atom is 0.0925 e. The van der Waals surface area contributed by atoms with Gasteiger partial charge in [0.15, 0.2) is 0 Å². The highest BCUT2D eigenvalue weighted by molar-refractivity contribution is 5.89. The lowest BCUT2D eigenvalue weighted by Crippen LogP contribution is -2.28. The third-order valence-electron chi connectivity index (χ3n) is 2.17. The molecule has 1 aromatic carbocycles. The molecule has 13 heavy (non-hydrogen) atoms. The molecule has 0 aromatic heterocycles. The van der Waals surface area contributed by atoms with Crippen molar-refractivity contribution in [2.75, 3.05) is 7.05 Å². The minimum absolute atomic E-state index is 0.242. The number of benzene rings is 1. The summed E-state index contributed by atoms with van der Waals surface area (Å²) in [5, 5.41) is 6.04. The molecule has 0 amide bonds. The minimum Gasteiger partial charge on any atom is -0.232 e. The smallest absolute Gasteiger partial charge is 0.0925 e. The fourth-order valence-corrected chi connectivity index (χ4v) is 1.56. The Morgan fingerprint density at radius 1 is 1.31 bits per heavy atom.